The van der Waals surface area contributed by atoms with Crippen molar-refractivity contribution in [1.29, 1.82) is 0 Å². The average Bonchev–Trinajstić information content (AvgIpc) is 3.03. The van der Waals surface area contributed by atoms with Crippen LogP contribution in [0.15, 0.2) is 12.2 Å². The zero-order valence-corrected chi connectivity index (χ0v) is 29.6. The van der Waals surface area contributed by atoms with Gasteiger partial charge < -0.3 is 20.6 Å². The molecule has 44 heavy (non-hydrogen) atoms. The molecule has 4 N–H and O–H groups in total. The topological polar surface area (TPSA) is 89.8 Å². The fraction of sp³-hybridized carbons (Fsp3) is 0.923. The van der Waals surface area contributed by atoms with Crippen molar-refractivity contribution in [3.05, 3.63) is 12.2 Å². The highest BCUT2D eigenvalue weighted by atomic mass is 16.3. The molecule has 262 valence electrons. The van der Waals surface area contributed by atoms with Gasteiger partial charge in [-0.15, -0.1) is 0 Å². The molecule has 0 aliphatic heterocycles. The number of carbonyl (C=O) groups excluding carboxylic acids is 1. The zero-order chi connectivity index (χ0) is 32.4. The lowest BCUT2D eigenvalue weighted by molar-refractivity contribution is -0.124. The molecule has 0 fully saturated rings. The van der Waals surface area contributed by atoms with Gasteiger partial charge in [-0.1, -0.05) is 174 Å². The van der Waals surface area contributed by atoms with Gasteiger partial charge >= 0.3 is 0 Å². The maximum atomic E-state index is 12.4. The number of nitrogens with one attached hydrogen (secondary N) is 1. The van der Waals surface area contributed by atoms with Crippen LogP contribution in [0.4, 0.5) is 0 Å². The minimum absolute atomic E-state index is 0.149. The normalized spacial score (nSPS) is 13.8. The first-order valence-electron chi connectivity index (χ1n) is 19.5. The van der Waals surface area contributed by atoms with Gasteiger partial charge in [-0.2, -0.15) is 0 Å². The summed E-state index contributed by atoms with van der Waals surface area (Å²) in [5.41, 5.74) is 0. The average molecular weight is 624 g/mol. The van der Waals surface area contributed by atoms with Crippen molar-refractivity contribution in [2.24, 2.45) is 0 Å². The molecule has 5 heteroatoms. The molecule has 0 aromatic rings. The SMILES string of the molecule is CCCCCC/C=C\CCCCCCCCCC(=O)NC(CO)C(O)C(O)CCCCCCCCCCCCCCCCC. The smallest absolute Gasteiger partial charge is 0.220 e. The Hall–Kier alpha value is -0.910. The second kappa shape index (κ2) is 35.0. The Morgan fingerprint density at radius 1 is 0.545 bits per heavy atom. The van der Waals surface area contributed by atoms with E-state index in [2.05, 4.69) is 31.3 Å². The van der Waals surface area contributed by atoms with Crippen LogP contribution >= 0.6 is 0 Å². The first kappa shape index (κ1) is 43.1. The molecule has 3 atom stereocenters. The van der Waals surface area contributed by atoms with Crippen LogP contribution in [-0.4, -0.2) is 46.1 Å². The Morgan fingerprint density at radius 3 is 1.34 bits per heavy atom. The van der Waals surface area contributed by atoms with Crippen LogP contribution in [0.1, 0.15) is 206 Å². The lowest BCUT2D eigenvalue weighted by atomic mass is 9.99. The number of hydrogen-bond acceptors (Lipinski definition) is 4. The quantitative estimate of drug-likeness (QED) is 0.0418. The van der Waals surface area contributed by atoms with Crippen LogP contribution in [0.3, 0.4) is 0 Å². The third-order valence-electron chi connectivity index (χ3n) is 9.12. The van der Waals surface area contributed by atoms with Crippen molar-refractivity contribution in [2.45, 2.75) is 225 Å². The Morgan fingerprint density at radius 2 is 0.909 bits per heavy atom. The maximum absolute atomic E-state index is 12.4. The number of hydrogen-bond donors (Lipinski definition) is 4. The standard InChI is InChI=1S/C39H77NO4/c1-3-5-7-9-11-13-15-17-19-21-23-25-27-29-31-33-37(42)39(44)36(35-41)40-38(43)34-32-30-28-26-24-22-20-18-16-14-12-10-8-6-4-2/h14,16,36-37,39,41-42,44H,3-13,15,17-35H2,1-2H3,(H,40,43)/b16-14-. The Kier molecular flexibility index (Phi) is 34.2. The summed E-state index contributed by atoms with van der Waals surface area (Å²) in [5, 5.41) is 33.4. The number of rotatable bonds is 35. The molecule has 5 nitrogen and oxygen atoms in total. The van der Waals surface area contributed by atoms with Crippen molar-refractivity contribution in [2.75, 3.05) is 6.61 Å². The van der Waals surface area contributed by atoms with E-state index in [9.17, 15) is 20.1 Å². The van der Waals surface area contributed by atoms with E-state index < -0.39 is 18.2 Å². The van der Waals surface area contributed by atoms with Crippen molar-refractivity contribution in [3.8, 4) is 0 Å². The van der Waals surface area contributed by atoms with Crippen LogP contribution in [-0.2, 0) is 4.79 Å². The van der Waals surface area contributed by atoms with Crippen molar-refractivity contribution in [3.63, 3.8) is 0 Å². The summed E-state index contributed by atoms with van der Waals surface area (Å²) in [6.07, 6.45) is 38.7. The molecular formula is C39H77NO4. The van der Waals surface area contributed by atoms with Gasteiger partial charge in [0.1, 0.15) is 6.10 Å². The first-order valence-corrected chi connectivity index (χ1v) is 19.5. The summed E-state index contributed by atoms with van der Waals surface area (Å²) in [6.45, 7) is 4.16. The number of allylic oxidation sites excluding steroid dienone is 2. The minimum atomic E-state index is -1.13. The second-order valence-corrected chi connectivity index (χ2v) is 13.5. The largest absolute Gasteiger partial charge is 0.394 e. The number of aliphatic hydroxyl groups is 3. The predicted molar refractivity (Wildman–Crippen MR) is 190 cm³/mol. The third kappa shape index (κ3) is 29.8. The molecule has 3 unspecified atom stereocenters. The fourth-order valence-electron chi connectivity index (χ4n) is 6.04. The summed E-state index contributed by atoms with van der Waals surface area (Å²) in [6, 6.07) is -0.806. The molecule has 1 amide bonds. The molecule has 0 bridgehead atoms. The highest BCUT2D eigenvalue weighted by molar-refractivity contribution is 5.76. The van der Waals surface area contributed by atoms with Gasteiger partial charge in [0.05, 0.1) is 18.8 Å². The molecule has 0 aromatic carbocycles. The van der Waals surface area contributed by atoms with Gasteiger partial charge in [0.25, 0.3) is 0 Å². The number of carbonyl (C=O) groups is 1. The summed E-state index contributed by atoms with van der Waals surface area (Å²) in [5.74, 6) is -0.149. The van der Waals surface area contributed by atoms with Gasteiger partial charge in [0.15, 0.2) is 0 Å². The molecule has 0 aliphatic carbocycles. The Labute approximate surface area is 274 Å². The molecule has 0 spiro atoms. The molecule has 0 aromatic heterocycles. The van der Waals surface area contributed by atoms with E-state index in [1.54, 1.807) is 0 Å². The fourth-order valence-corrected chi connectivity index (χ4v) is 6.04. The zero-order valence-electron chi connectivity index (χ0n) is 29.6. The van der Waals surface area contributed by atoms with Crippen molar-refractivity contribution in [1.82, 2.24) is 5.32 Å². The molecular weight excluding hydrogens is 546 g/mol. The lowest BCUT2D eigenvalue weighted by Gasteiger charge is -2.26. The van der Waals surface area contributed by atoms with Gasteiger partial charge in [0, 0.05) is 6.42 Å². The van der Waals surface area contributed by atoms with E-state index in [1.165, 1.54) is 141 Å². The van der Waals surface area contributed by atoms with Crippen molar-refractivity contribution < 1.29 is 20.1 Å². The molecule has 0 radical (unpaired) electrons. The molecule has 0 rings (SSSR count). The molecule has 0 saturated heterocycles. The van der Waals surface area contributed by atoms with E-state index in [4.69, 9.17) is 0 Å². The lowest BCUT2D eigenvalue weighted by Crippen LogP contribution is -2.50. The number of unbranched alkanes of at least 4 members (excludes halogenated alkanes) is 25. The van der Waals surface area contributed by atoms with E-state index >= 15 is 0 Å². The van der Waals surface area contributed by atoms with Crippen LogP contribution in [0, 0.1) is 0 Å². The highest BCUT2D eigenvalue weighted by Crippen LogP contribution is 2.16. The van der Waals surface area contributed by atoms with Crippen LogP contribution in [0.5, 0.6) is 0 Å². The van der Waals surface area contributed by atoms with E-state index in [0.29, 0.717) is 12.8 Å². The van der Waals surface area contributed by atoms with Crippen LogP contribution < -0.4 is 5.32 Å². The maximum Gasteiger partial charge on any atom is 0.220 e. The first-order chi connectivity index (χ1) is 21.6. The summed E-state index contributed by atoms with van der Waals surface area (Å²) < 4.78 is 0. The Bertz CT molecular complexity index is 611. The monoisotopic (exact) mass is 624 g/mol. The van der Waals surface area contributed by atoms with Crippen LogP contribution in [0.2, 0.25) is 0 Å². The minimum Gasteiger partial charge on any atom is -0.394 e. The molecule has 0 aliphatic rings. The number of amides is 1. The van der Waals surface area contributed by atoms with Gasteiger partial charge in [0.2, 0.25) is 5.91 Å². The predicted octanol–water partition coefficient (Wildman–Crippen LogP) is 10.5. The Balaban J connectivity index is 3.67. The summed E-state index contributed by atoms with van der Waals surface area (Å²) in [7, 11) is 0. The molecule has 0 heterocycles. The van der Waals surface area contributed by atoms with E-state index in [-0.39, 0.29) is 12.5 Å². The van der Waals surface area contributed by atoms with E-state index in [1.807, 2.05) is 0 Å². The van der Waals surface area contributed by atoms with Crippen LogP contribution in [0.25, 0.3) is 0 Å². The van der Waals surface area contributed by atoms with Gasteiger partial charge in [-0.3, -0.25) is 4.79 Å². The van der Waals surface area contributed by atoms with Crippen molar-refractivity contribution >= 4 is 5.91 Å². The summed E-state index contributed by atoms with van der Waals surface area (Å²) >= 11 is 0. The highest BCUT2D eigenvalue weighted by Gasteiger charge is 2.26. The number of aliphatic hydroxyl groups excluding tert-OH is 3. The van der Waals surface area contributed by atoms with Gasteiger partial charge in [-0.25, -0.2) is 0 Å². The molecule has 0 saturated carbocycles. The second-order valence-electron chi connectivity index (χ2n) is 13.5. The van der Waals surface area contributed by atoms with Gasteiger partial charge in [-0.05, 0) is 38.5 Å². The van der Waals surface area contributed by atoms with E-state index in [0.717, 1.165) is 38.5 Å². The third-order valence-corrected chi connectivity index (χ3v) is 9.12. The summed E-state index contributed by atoms with van der Waals surface area (Å²) in [4.78, 5) is 12.4.